The van der Waals surface area contributed by atoms with E-state index in [-0.39, 0.29) is 6.04 Å². The first-order chi connectivity index (χ1) is 8.71. The van der Waals surface area contributed by atoms with Crippen molar-refractivity contribution in [3.63, 3.8) is 0 Å². The predicted octanol–water partition coefficient (Wildman–Crippen LogP) is 3.74. The van der Waals surface area contributed by atoms with E-state index < -0.39 is 0 Å². The monoisotopic (exact) mass is 309 g/mol. The maximum atomic E-state index is 5.73. The van der Waals surface area contributed by atoms with Crippen LogP contribution in [0.5, 0.6) is 5.75 Å². The van der Waals surface area contributed by atoms with E-state index >= 15 is 0 Å². The first-order valence-electron chi connectivity index (χ1n) is 6.32. The van der Waals surface area contributed by atoms with Crippen molar-refractivity contribution in [2.75, 3.05) is 6.61 Å². The Hall–Kier alpha value is -0.980. The van der Waals surface area contributed by atoms with Gasteiger partial charge in [0.25, 0.3) is 0 Å². The molecule has 0 aromatic heterocycles. The first kappa shape index (κ1) is 15.1. The van der Waals surface area contributed by atoms with Crippen LogP contribution in [-0.2, 0) is 6.54 Å². The smallest absolute Gasteiger partial charge is 0.123 e. The van der Waals surface area contributed by atoms with Crippen molar-refractivity contribution < 1.29 is 4.74 Å². The van der Waals surface area contributed by atoms with Gasteiger partial charge in [0.05, 0.1) is 12.6 Å². The van der Waals surface area contributed by atoms with Gasteiger partial charge in [0, 0.05) is 16.6 Å². The topological polar surface area (TPSA) is 21.3 Å². The lowest BCUT2D eigenvalue weighted by Gasteiger charge is -2.14. The summed E-state index contributed by atoms with van der Waals surface area (Å²) < 4.78 is 6.78. The fraction of sp³-hybridized carbons (Fsp3) is 0.467. The molecule has 98 valence electrons. The molecular weight excluding hydrogens is 290 g/mol. The maximum absolute atomic E-state index is 5.73. The molecule has 0 saturated heterocycles. The Balaban J connectivity index is 2.72. The molecule has 0 heterocycles. The number of nitrogens with one attached hydrogen (secondary N) is 1. The summed E-state index contributed by atoms with van der Waals surface area (Å²) in [6.07, 6.45) is 7.37. The van der Waals surface area contributed by atoms with Gasteiger partial charge in [-0.1, -0.05) is 35.7 Å². The first-order valence-corrected chi connectivity index (χ1v) is 7.11. The van der Waals surface area contributed by atoms with Crippen LogP contribution in [0, 0.1) is 12.3 Å². The molecule has 1 unspecified atom stereocenters. The summed E-state index contributed by atoms with van der Waals surface area (Å²) >= 11 is 3.48. The standard InChI is InChI=1S/C15H20BrNO/c1-4-9-18-15-8-7-13(16)10-12(15)11-17-14(5-2)6-3/h2,7-8,10,14,17H,4,6,9,11H2,1,3H3. The van der Waals surface area contributed by atoms with E-state index in [4.69, 9.17) is 11.2 Å². The molecule has 0 fully saturated rings. The third-order valence-electron chi connectivity index (χ3n) is 2.63. The number of hydrogen-bond donors (Lipinski definition) is 1. The zero-order chi connectivity index (χ0) is 13.4. The van der Waals surface area contributed by atoms with E-state index in [0.29, 0.717) is 0 Å². The summed E-state index contributed by atoms with van der Waals surface area (Å²) in [6.45, 7) is 5.64. The van der Waals surface area contributed by atoms with Gasteiger partial charge in [-0.2, -0.15) is 0 Å². The number of benzene rings is 1. The van der Waals surface area contributed by atoms with Crippen LogP contribution in [0.2, 0.25) is 0 Å². The summed E-state index contributed by atoms with van der Waals surface area (Å²) in [7, 11) is 0. The van der Waals surface area contributed by atoms with Crippen LogP contribution in [0.25, 0.3) is 0 Å². The van der Waals surface area contributed by atoms with E-state index in [1.54, 1.807) is 0 Å². The molecule has 1 N–H and O–H groups in total. The van der Waals surface area contributed by atoms with E-state index in [1.807, 2.05) is 12.1 Å². The number of rotatable bonds is 7. The van der Waals surface area contributed by atoms with Crippen LogP contribution >= 0.6 is 15.9 Å². The second-order valence-corrected chi connectivity index (χ2v) is 5.02. The second-order valence-electron chi connectivity index (χ2n) is 4.11. The summed E-state index contributed by atoms with van der Waals surface area (Å²) in [5, 5.41) is 3.34. The van der Waals surface area contributed by atoms with Gasteiger partial charge < -0.3 is 4.74 Å². The molecule has 18 heavy (non-hydrogen) atoms. The average Bonchev–Trinajstić information content (AvgIpc) is 2.39. The highest BCUT2D eigenvalue weighted by molar-refractivity contribution is 9.10. The molecule has 1 aromatic rings. The molecule has 2 nitrogen and oxygen atoms in total. The van der Waals surface area contributed by atoms with E-state index in [2.05, 4.69) is 47.1 Å². The van der Waals surface area contributed by atoms with Crippen molar-refractivity contribution in [1.82, 2.24) is 5.32 Å². The van der Waals surface area contributed by atoms with Gasteiger partial charge in [-0.3, -0.25) is 5.32 Å². The lowest BCUT2D eigenvalue weighted by Crippen LogP contribution is -2.26. The molecule has 0 bridgehead atoms. The van der Waals surface area contributed by atoms with E-state index in [0.717, 1.165) is 41.8 Å². The van der Waals surface area contributed by atoms with Gasteiger partial charge in [0.2, 0.25) is 0 Å². The van der Waals surface area contributed by atoms with Crippen LogP contribution in [-0.4, -0.2) is 12.6 Å². The molecule has 0 aliphatic rings. The molecule has 0 amide bonds. The molecule has 1 atom stereocenters. The van der Waals surface area contributed by atoms with Crippen LogP contribution in [0.4, 0.5) is 0 Å². The molecule has 0 aliphatic carbocycles. The normalized spacial score (nSPS) is 11.9. The quantitative estimate of drug-likeness (QED) is 0.775. The van der Waals surface area contributed by atoms with Gasteiger partial charge in [-0.15, -0.1) is 6.42 Å². The lowest BCUT2D eigenvalue weighted by molar-refractivity contribution is 0.313. The van der Waals surface area contributed by atoms with Crippen LogP contribution < -0.4 is 10.1 Å². The van der Waals surface area contributed by atoms with E-state index in [9.17, 15) is 0 Å². The largest absolute Gasteiger partial charge is 0.493 e. The number of hydrogen-bond acceptors (Lipinski definition) is 2. The number of halogens is 1. The average molecular weight is 310 g/mol. The Morgan fingerprint density at radius 2 is 2.22 bits per heavy atom. The zero-order valence-electron chi connectivity index (χ0n) is 11.0. The molecule has 1 aromatic carbocycles. The Morgan fingerprint density at radius 3 is 2.83 bits per heavy atom. The molecular formula is C15H20BrNO. The number of terminal acetylenes is 1. The summed E-state index contributed by atoms with van der Waals surface area (Å²) in [6, 6.07) is 6.17. The highest BCUT2D eigenvalue weighted by Gasteiger charge is 2.07. The van der Waals surface area contributed by atoms with Crippen LogP contribution in [0.15, 0.2) is 22.7 Å². The molecule has 1 rings (SSSR count). The second kappa shape index (κ2) is 8.18. The van der Waals surface area contributed by atoms with E-state index in [1.165, 1.54) is 0 Å². The predicted molar refractivity (Wildman–Crippen MR) is 79.7 cm³/mol. The Bertz CT molecular complexity index is 411. The summed E-state index contributed by atoms with van der Waals surface area (Å²) in [5.41, 5.74) is 1.13. The fourth-order valence-electron chi connectivity index (χ4n) is 1.59. The summed E-state index contributed by atoms with van der Waals surface area (Å²) in [4.78, 5) is 0. The Morgan fingerprint density at radius 1 is 1.44 bits per heavy atom. The fourth-order valence-corrected chi connectivity index (χ4v) is 2.00. The molecule has 0 spiro atoms. The molecule has 3 heteroatoms. The van der Waals surface area contributed by atoms with Gasteiger partial charge in [-0.25, -0.2) is 0 Å². The minimum Gasteiger partial charge on any atom is -0.493 e. The zero-order valence-corrected chi connectivity index (χ0v) is 12.6. The summed E-state index contributed by atoms with van der Waals surface area (Å²) in [5.74, 6) is 3.67. The van der Waals surface area contributed by atoms with Crippen molar-refractivity contribution in [2.45, 2.75) is 39.3 Å². The van der Waals surface area contributed by atoms with Crippen molar-refractivity contribution in [2.24, 2.45) is 0 Å². The third-order valence-corrected chi connectivity index (χ3v) is 3.13. The van der Waals surface area contributed by atoms with Crippen LogP contribution in [0.1, 0.15) is 32.3 Å². The lowest BCUT2D eigenvalue weighted by atomic mass is 10.1. The van der Waals surface area contributed by atoms with Gasteiger partial charge in [0.1, 0.15) is 5.75 Å². The van der Waals surface area contributed by atoms with Crippen molar-refractivity contribution in [3.8, 4) is 18.1 Å². The van der Waals surface area contributed by atoms with Crippen molar-refractivity contribution >= 4 is 15.9 Å². The minimum absolute atomic E-state index is 0.114. The minimum atomic E-state index is 0.114. The van der Waals surface area contributed by atoms with Crippen LogP contribution in [0.3, 0.4) is 0 Å². The van der Waals surface area contributed by atoms with Crippen molar-refractivity contribution in [1.29, 1.82) is 0 Å². The molecule has 0 saturated carbocycles. The Kier molecular flexibility index (Phi) is 6.85. The maximum Gasteiger partial charge on any atom is 0.123 e. The van der Waals surface area contributed by atoms with Gasteiger partial charge >= 0.3 is 0 Å². The SMILES string of the molecule is C#CC(CC)NCc1cc(Br)ccc1OCCC. The number of ether oxygens (including phenoxy) is 1. The molecule has 0 radical (unpaired) electrons. The Labute approximate surface area is 118 Å². The van der Waals surface area contributed by atoms with Gasteiger partial charge in [-0.05, 0) is 31.0 Å². The van der Waals surface area contributed by atoms with Gasteiger partial charge in [0.15, 0.2) is 0 Å². The highest BCUT2D eigenvalue weighted by Crippen LogP contribution is 2.23. The third kappa shape index (κ3) is 4.72. The van der Waals surface area contributed by atoms with Crippen molar-refractivity contribution in [3.05, 3.63) is 28.2 Å². The highest BCUT2D eigenvalue weighted by atomic mass is 79.9. The molecule has 0 aliphatic heterocycles.